The number of nitrogens with zero attached hydrogens (tertiary/aromatic N) is 3. The van der Waals surface area contributed by atoms with Crippen molar-refractivity contribution in [2.75, 3.05) is 0 Å². The Morgan fingerprint density at radius 2 is 2.28 bits per heavy atom. The zero-order valence-electron chi connectivity index (χ0n) is 9.85. The fourth-order valence-corrected chi connectivity index (χ4v) is 1.72. The van der Waals surface area contributed by atoms with Gasteiger partial charge in [-0.3, -0.25) is 9.36 Å². The molecule has 0 aliphatic carbocycles. The maximum atomic E-state index is 11.7. The summed E-state index contributed by atoms with van der Waals surface area (Å²) in [5, 5.41) is 1.13. The molecular weight excluding hydrogens is 368 g/mol. The molecule has 7 heteroatoms. The molecule has 0 amide bonds. The van der Waals surface area contributed by atoms with Crippen molar-refractivity contribution in [1.82, 2.24) is 14.5 Å². The first-order chi connectivity index (χ1) is 8.39. The predicted molar refractivity (Wildman–Crippen MR) is 76.7 cm³/mol. The summed E-state index contributed by atoms with van der Waals surface area (Å²) in [4.78, 5) is 19.7. The van der Waals surface area contributed by atoms with E-state index in [0.717, 1.165) is 5.39 Å². The van der Waals surface area contributed by atoms with Crippen LogP contribution < -0.4 is 0 Å². The number of carbonyl (C=O) groups excluding carboxylic acids is 1. The first-order valence-electron chi connectivity index (χ1n) is 5.21. The van der Waals surface area contributed by atoms with Crippen LogP contribution in [0.25, 0.3) is 11.0 Å². The molecule has 0 radical (unpaired) electrons. The largest absolute Gasteiger partial charge is 0.443 e. The van der Waals surface area contributed by atoms with Gasteiger partial charge in [0.25, 0.3) is 0 Å². The van der Waals surface area contributed by atoms with Crippen molar-refractivity contribution >= 4 is 51.2 Å². The molecule has 0 aromatic carbocycles. The van der Waals surface area contributed by atoms with E-state index in [9.17, 15) is 4.79 Å². The lowest BCUT2D eigenvalue weighted by atomic mass is 10.2. The van der Waals surface area contributed by atoms with Gasteiger partial charge in [0.1, 0.15) is 20.5 Å². The van der Waals surface area contributed by atoms with E-state index >= 15 is 0 Å². The van der Waals surface area contributed by atoms with Crippen molar-refractivity contribution in [3.05, 3.63) is 23.7 Å². The van der Waals surface area contributed by atoms with Crippen molar-refractivity contribution in [1.29, 1.82) is 0 Å². The highest BCUT2D eigenvalue weighted by molar-refractivity contribution is 14.1. The topological polar surface area (TPSA) is 57.0 Å². The smallest absolute Gasteiger partial charge is 0.323 e. The number of hydrogen-bond acceptors (Lipinski definition) is 4. The van der Waals surface area contributed by atoms with Gasteiger partial charge in [-0.15, -0.1) is 0 Å². The molecule has 0 atom stereocenters. The van der Waals surface area contributed by atoms with Gasteiger partial charge < -0.3 is 4.74 Å². The molecule has 2 aromatic heterocycles. The first-order valence-corrected chi connectivity index (χ1v) is 6.67. The van der Waals surface area contributed by atoms with Crippen LogP contribution in [-0.4, -0.2) is 23.9 Å². The minimum absolute atomic E-state index is 0.113. The molecule has 0 bridgehead atoms. The summed E-state index contributed by atoms with van der Waals surface area (Å²) in [5.74, 6) is -0.273. The number of rotatable bonds is 3. The summed E-state index contributed by atoms with van der Waals surface area (Å²) in [5.41, 5.74) is 0.647. The number of fused-ring (bicyclic) bond motifs is 1. The second-order valence-corrected chi connectivity index (χ2v) is 7.28. The highest BCUT2D eigenvalue weighted by Gasteiger charge is 2.25. The Labute approximate surface area is 123 Å². The molecule has 96 valence electrons. The minimum atomic E-state index is -0.548. The number of hydrogen-bond donors (Lipinski definition) is 0. The van der Waals surface area contributed by atoms with Crippen LogP contribution in [0.4, 0.5) is 0 Å². The van der Waals surface area contributed by atoms with Crippen LogP contribution in [0.3, 0.4) is 0 Å². The average Bonchev–Trinajstić information content (AvgIpc) is 2.69. The van der Waals surface area contributed by atoms with Crippen LogP contribution in [0.2, 0.25) is 5.15 Å². The summed E-state index contributed by atoms with van der Waals surface area (Å²) in [6.45, 7) is 3.70. The van der Waals surface area contributed by atoms with E-state index in [2.05, 4.69) is 9.97 Å². The number of halogens is 2. The number of carbonyl (C=O) groups is 1. The van der Waals surface area contributed by atoms with Crippen molar-refractivity contribution in [2.45, 2.75) is 24.0 Å². The third-order valence-electron chi connectivity index (χ3n) is 2.33. The monoisotopic (exact) mass is 379 g/mol. The lowest BCUT2D eigenvalue weighted by Crippen LogP contribution is -2.27. The number of alkyl halides is 1. The van der Waals surface area contributed by atoms with E-state index in [0.29, 0.717) is 10.8 Å². The van der Waals surface area contributed by atoms with E-state index in [1.807, 2.05) is 22.6 Å². The van der Waals surface area contributed by atoms with E-state index in [4.69, 9.17) is 16.3 Å². The first kappa shape index (κ1) is 13.5. The molecule has 0 aliphatic heterocycles. The van der Waals surface area contributed by atoms with Crippen molar-refractivity contribution < 1.29 is 9.53 Å². The summed E-state index contributed by atoms with van der Waals surface area (Å²) >= 11 is 7.97. The minimum Gasteiger partial charge on any atom is -0.443 e. The Morgan fingerprint density at radius 3 is 2.94 bits per heavy atom. The highest BCUT2D eigenvalue weighted by atomic mass is 127. The zero-order chi connectivity index (χ0) is 13.3. The summed E-state index contributed by atoms with van der Waals surface area (Å²) < 4.78 is 6.38. The van der Waals surface area contributed by atoms with E-state index in [1.54, 1.807) is 30.7 Å². The van der Waals surface area contributed by atoms with Crippen molar-refractivity contribution in [3.63, 3.8) is 0 Å². The molecule has 0 saturated carbocycles. The lowest BCUT2D eigenvalue weighted by Gasteiger charge is -2.15. The summed E-state index contributed by atoms with van der Waals surface area (Å²) in [6, 6.07) is 1.79. The van der Waals surface area contributed by atoms with Crippen molar-refractivity contribution in [2.24, 2.45) is 0 Å². The third kappa shape index (κ3) is 2.74. The van der Waals surface area contributed by atoms with E-state index < -0.39 is 3.42 Å². The molecular formula is C11H11ClIN3O2. The fourth-order valence-electron chi connectivity index (χ4n) is 1.38. The van der Waals surface area contributed by atoms with Gasteiger partial charge in [-0.2, -0.15) is 0 Å². The number of aromatic nitrogens is 3. The number of esters is 1. The molecule has 18 heavy (non-hydrogen) atoms. The third-order valence-corrected chi connectivity index (χ3v) is 3.07. The quantitative estimate of drug-likeness (QED) is 0.356. The van der Waals surface area contributed by atoms with Gasteiger partial charge in [0, 0.05) is 6.20 Å². The molecule has 0 saturated heterocycles. The van der Waals surface area contributed by atoms with Gasteiger partial charge in [-0.05, 0) is 19.9 Å². The van der Waals surface area contributed by atoms with Crippen LogP contribution >= 0.6 is 34.2 Å². The Morgan fingerprint density at radius 1 is 1.56 bits per heavy atom. The van der Waals surface area contributed by atoms with Crippen LogP contribution in [0, 0.1) is 0 Å². The van der Waals surface area contributed by atoms with Gasteiger partial charge in [-0.25, -0.2) is 9.97 Å². The van der Waals surface area contributed by atoms with Gasteiger partial charge in [0.15, 0.2) is 6.73 Å². The molecule has 2 heterocycles. The molecule has 2 aromatic rings. The second kappa shape index (κ2) is 5.00. The highest BCUT2D eigenvalue weighted by Crippen LogP contribution is 2.21. The normalized spacial score (nSPS) is 11.8. The average molecular weight is 380 g/mol. The van der Waals surface area contributed by atoms with E-state index in [1.165, 1.54) is 6.33 Å². The maximum Gasteiger partial charge on any atom is 0.323 e. The standard InChI is InChI=1S/C11H11ClIN3O2/c1-11(2,13)10(17)18-6-16-4-3-7-8(12)14-5-15-9(7)16/h3-5H,6H2,1-2H3. The van der Waals surface area contributed by atoms with Gasteiger partial charge >= 0.3 is 5.97 Å². The molecule has 0 spiro atoms. The molecule has 0 unspecified atom stereocenters. The molecule has 0 aliphatic rings. The second-order valence-electron chi connectivity index (χ2n) is 4.22. The molecule has 2 rings (SSSR count). The Kier molecular flexibility index (Phi) is 3.76. The van der Waals surface area contributed by atoms with Gasteiger partial charge in [0.2, 0.25) is 0 Å². The van der Waals surface area contributed by atoms with Crippen molar-refractivity contribution in [3.8, 4) is 0 Å². The summed E-state index contributed by atoms with van der Waals surface area (Å²) in [7, 11) is 0. The predicted octanol–water partition coefficient (Wildman–Crippen LogP) is 2.80. The van der Waals surface area contributed by atoms with Crippen LogP contribution in [0.1, 0.15) is 13.8 Å². The van der Waals surface area contributed by atoms with Gasteiger partial charge in [0.05, 0.1) is 5.39 Å². The Hall–Kier alpha value is -0.890. The zero-order valence-corrected chi connectivity index (χ0v) is 12.8. The Balaban J connectivity index is 2.19. The lowest BCUT2D eigenvalue weighted by molar-refractivity contribution is -0.148. The van der Waals surface area contributed by atoms with Gasteiger partial charge in [-0.1, -0.05) is 34.2 Å². The molecule has 5 nitrogen and oxygen atoms in total. The molecule has 0 N–H and O–H groups in total. The summed E-state index contributed by atoms with van der Waals surface area (Å²) in [6.07, 6.45) is 3.14. The van der Waals surface area contributed by atoms with Crippen LogP contribution in [0.15, 0.2) is 18.6 Å². The van der Waals surface area contributed by atoms with E-state index in [-0.39, 0.29) is 12.7 Å². The van der Waals surface area contributed by atoms with Crippen LogP contribution in [-0.2, 0) is 16.3 Å². The number of ether oxygens (including phenoxy) is 1. The SMILES string of the molecule is CC(C)(I)C(=O)OCn1ccc2c(Cl)ncnc21. The maximum absolute atomic E-state index is 11.7. The fraction of sp³-hybridized carbons (Fsp3) is 0.364. The van der Waals surface area contributed by atoms with Crippen LogP contribution in [0.5, 0.6) is 0 Å². The Bertz CT molecular complexity index is 591. The molecule has 0 fully saturated rings.